The van der Waals surface area contributed by atoms with Gasteiger partial charge in [-0.05, 0) is 12.5 Å². The second-order valence-electron chi connectivity index (χ2n) is 4.80. The number of halogens is 1. The van der Waals surface area contributed by atoms with E-state index in [4.69, 9.17) is 11.6 Å². The molecule has 0 saturated carbocycles. The number of nitrogens with zero attached hydrogens (tertiary/aromatic N) is 2. The quantitative estimate of drug-likeness (QED) is 0.945. The van der Waals surface area contributed by atoms with Crippen LogP contribution in [0.1, 0.15) is 12.1 Å². The maximum atomic E-state index is 9.52. The molecular formula is C14H15ClN2OS. The zero-order valence-electron chi connectivity index (χ0n) is 10.4. The van der Waals surface area contributed by atoms with E-state index in [-0.39, 0.29) is 6.10 Å². The molecule has 0 radical (unpaired) electrons. The smallest absolute Gasteiger partial charge is 0.125 e. The zero-order chi connectivity index (χ0) is 13.2. The molecule has 1 aromatic heterocycles. The van der Waals surface area contributed by atoms with Crippen LogP contribution in [-0.4, -0.2) is 34.2 Å². The predicted octanol–water partition coefficient (Wildman–Crippen LogP) is 3.03. The minimum absolute atomic E-state index is 0.179. The third kappa shape index (κ3) is 2.98. The van der Waals surface area contributed by atoms with Crippen molar-refractivity contribution in [2.45, 2.75) is 19.1 Å². The maximum Gasteiger partial charge on any atom is 0.125 e. The number of rotatable bonds is 3. The average Bonchev–Trinajstić information content (AvgIpc) is 3.00. The highest BCUT2D eigenvalue weighted by Gasteiger charge is 2.21. The first-order valence-electron chi connectivity index (χ1n) is 6.32. The second kappa shape index (κ2) is 5.59. The highest BCUT2D eigenvalue weighted by atomic mass is 35.5. The van der Waals surface area contributed by atoms with Crippen molar-refractivity contribution in [1.29, 1.82) is 0 Å². The van der Waals surface area contributed by atoms with Crippen molar-refractivity contribution in [2.24, 2.45) is 0 Å². The Morgan fingerprint density at radius 3 is 3.00 bits per heavy atom. The van der Waals surface area contributed by atoms with Crippen LogP contribution in [0.15, 0.2) is 29.6 Å². The molecule has 100 valence electrons. The molecule has 0 bridgehead atoms. The van der Waals surface area contributed by atoms with Gasteiger partial charge >= 0.3 is 0 Å². The summed E-state index contributed by atoms with van der Waals surface area (Å²) in [7, 11) is 0. The second-order valence-corrected chi connectivity index (χ2v) is 6.07. The van der Waals surface area contributed by atoms with Crippen LogP contribution in [0.4, 0.5) is 0 Å². The molecule has 5 heteroatoms. The van der Waals surface area contributed by atoms with Crippen LogP contribution in [0.2, 0.25) is 5.02 Å². The van der Waals surface area contributed by atoms with Gasteiger partial charge in [-0.25, -0.2) is 4.98 Å². The third-order valence-electron chi connectivity index (χ3n) is 3.29. The summed E-state index contributed by atoms with van der Waals surface area (Å²) in [6.45, 7) is 2.50. The molecule has 1 fully saturated rings. The summed E-state index contributed by atoms with van der Waals surface area (Å²) < 4.78 is 0. The lowest BCUT2D eigenvalue weighted by Crippen LogP contribution is -2.21. The number of benzene rings is 1. The summed E-state index contributed by atoms with van der Waals surface area (Å²) >= 11 is 7.80. The zero-order valence-corrected chi connectivity index (χ0v) is 12.0. The van der Waals surface area contributed by atoms with Gasteiger partial charge in [-0.1, -0.05) is 29.8 Å². The lowest BCUT2D eigenvalue weighted by atomic mass is 10.2. The van der Waals surface area contributed by atoms with Crippen LogP contribution in [0.3, 0.4) is 0 Å². The Balaban J connectivity index is 1.75. The Morgan fingerprint density at radius 2 is 2.26 bits per heavy atom. The standard InChI is InChI=1S/C14H15ClN2OS/c15-13-4-2-1-3-12(13)14-16-10(9-19-14)7-17-6-5-11(18)8-17/h1-4,9,11,18H,5-8H2. The molecule has 3 rings (SSSR count). The summed E-state index contributed by atoms with van der Waals surface area (Å²) in [5, 5.41) is 13.3. The van der Waals surface area contributed by atoms with E-state index in [1.165, 1.54) is 0 Å². The van der Waals surface area contributed by atoms with Crippen molar-refractivity contribution in [3.8, 4) is 10.6 Å². The fourth-order valence-corrected chi connectivity index (χ4v) is 3.45. The van der Waals surface area contributed by atoms with Gasteiger partial charge in [0.25, 0.3) is 0 Å². The number of likely N-dealkylation sites (tertiary alicyclic amines) is 1. The minimum atomic E-state index is -0.179. The van der Waals surface area contributed by atoms with Gasteiger partial charge in [-0.2, -0.15) is 0 Å². The molecule has 1 saturated heterocycles. The van der Waals surface area contributed by atoms with Gasteiger partial charge < -0.3 is 5.11 Å². The Labute approximate surface area is 121 Å². The number of aliphatic hydroxyl groups is 1. The van der Waals surface area contributed by atoms with Crippen LogP contribution in [0.25, 0.3) is 10.6 Å². The fraction of sp³-hybridized carbons (Fsp3) is 0.357. The van der Waals surface area contributed by atoms with Crippen LogP contribution in [-0.2, 0) is 6.54 Å². The van der Waals surface area contributed by atoms with Crippen LogP contribution in [0, 0.1) is 0 Å². The number of aliphatic hydroxyl groups excluding tert-OH is 1. The van der Waals surface area contributed by atoms with E-state index < -0.39 is 0 Å². The molecule has 1 atom stereocenters. The van der Waals surface area contributed by atoms with Gasteiger partial charge in [0.2, 0.25) is 0 Å². The average molecular weight is 295 g/mol. The van der Waals surface area contributed by atoms with E-state index in [0.29, 0.717) is 0 Å². The molecule has 1 aromatic carbocycles. The van der Waals surface area contributed by atoms with Gasteiger partial charge in [-0.15, -0.1) is 11.3 Å². The largest absolute Gasteiger partial charge is 0.392 e. The number of β-amino-alcohol motifs (C(OH)–C–C–N with tert-alkyl or cyclic N) is 1. The number of hydrogen-bond acceptors (Lipinski definition) is 4. The molecule has 1 aliphatic rings. The van der Waals surface area contributed by atoms with Crippen LogP contribution >= 0.6 is 22.9 Å². The molecule has 1 N–H and O–H groups in total. The van der Waals surface area contributed by atoms with Crippen molar-refractivity contribution in [3.63, 3.8) is 0 Å². The lowest BCUT2D eigenvalue weighted by Gasteiger charge is -2.12. The summed E-state index contributed by atoms with van der Waals surface area (Å²) in [5.74, 6) is 0. The van der Waals surface area contributed by atoms with E-state index >= 15 is 0 Å². The Morgan fingerprint density at radius 1 is 1.42 bits per heavy atom. The molecule has 3 nitrogen and oxygen atoms in total. The normalized spacial score (nSPS) is 20.0. The number of hydrogen-bond donors (Lipinski definition) is 1. The minimum Gasteiger partial charge on any atom is -0.392 e. The first kappa shape index (κ1) is 13.1. The molecule has 2 heterocycles. The molecule has 0 spiro atoms. The van der Waals surface area contributed by atoms with E-state index in [9.17, 15) is 5.11 Å². The molecule has 0 amide bonds. The van der Waals surface area contributed by atoms with E-state index in [2.05, 4.69) is 15.3 Å². The van der Waals surface area contributed by atoms with E-state index in [1.54, 1.807) is 11.3 Å². The van der Waals surface area contributed by atoms with Crippen molar-refractivity contribution in [2.75, 3.05) is 13.1 Å². The topological polar surface area (TPSA) is 36.4 Å². The van der Waals surface area contributed by atoms with Gasteiger partial charge in [0.1, 0.15) is 5.01 Å². The summed E-state index contributed by atoms with van der Waals surface area (Å²) in [6, 6.07) is 7.77. The van der Waals surface area contributed by atoms with E-state index in [1.807, 2.05) is 24.3 Å². The molecule has 1 unspecified atom stereocenters. The van der Waals surface area contributed by atoms with Crippen LogP contribution < -0.4 is 0 Å². The summed E-state index contributed by atoms with van der Waals surface area (Å²) in [5.41, 5.74) is 2.04. The highest BCUT2D eigenvalue weighted by Crippen LogP contribution is 2.30. The summed E-state index contributed by atoms with van der Waals surface area (Å²) in [6.07, 6.45) is 0.684. The van der Waals surface area contributed by atoms with Crippen molar-refractivity contribution >= 4 is 22.9 Å². The first-order valence-corrected chi connectivity index (χ1v) is 7.58. The van der Waals surface area contributed by atoms with Gasteiger partial charge in [-0.3, -0.25) is 4.90 Å². The third-order valence-corrected chi connectivity index (χ3v) is 4.54. The van der Waals surface area contributed by atoms with Crippen LogP contribution in [0.5, 0.6) is 0 Å². The molecule has 19 heavy (non-hydrogen) atoms. The molecule has 0 aliphatic carbocycles. The van der Waals surface area contributed by atoms with Crippen molar-refractivity contribution in [3.05, 3.63) is 40.4 Å². The highest BCUT2D eigenvalue weighted by molar-refractivity contribution is 7.13. The van der Waals surface area contributed by atoms with Gasteiger partial charge in [0, 0.05) is 30.6 Å². The van der Waals surface area contributed by atoms with Gasteiger partial charge in [0.15, 0.2) is 0 Å². The number of aromatic nitrogens is 1. The Bertz CT molecular complexity index is 572. The first-order chi connectivity index (χ1) is 9.22. The lowest BCUT2D eigenvalue weighted by molar-refractivity contribution is 0.174. The molecular weight excluding hydrogens is 280 g/mol. The monoisotopic (exact) mass is 294 g/mol. The van der Waals surface area contributed by atoms with Crippen molar-refractivity contribution in [1.82, 2.24) is 9.88 Å². The van der Waals surface area contributed by atoms with Gasteiger partial charge in [0.05, 0.1) is 16.8 Å². The number of thiazole rings is 1. The Hall–Kier alpha value is -0.940. The molecule has 1 aliphatic heterocycles. The molecule has 2 aromatic rings. The SMILES string of the molecule is OC1CCN(Cc2csc(-c3ccccc3Cl)n2)C1. The Kier molecular flexibility index (Phi) is 3.84. The maximum absolute atomic E-state index is 9.52. The van der Waals surface area contributed by atoms with E-state index in [0.717, 1.165) is 47.3 Å². The van der Waals surface area contributed by atoms with Crippen molar-refractivity contribution < 1.29 is 5.11 Å². The fourth-order valence-electron chi connectivity index (χ4n) is 2.32. The predicted molar refractivity (Wildman–Crippen MR) is 78.5 cm³/mol. The summed E-state index contributed by atoms with van der Waals surface area (Å²) in [4.78, 5) is 6.87.